The zero-order valence-electron chi connectivity index (χ0n) is 13.0. The lowest BCUT2D eigenvalue weighted by atomic mass is 10.1. The number of fused-ring (bicyclic) bond motifs is 1. The van der Waals surface area contributed by atoms with E-state index in [9.17, 15) is 4.79 Å². The Balaban J connectivity index is 1.65. The summed E-state index contributed by atoms with van der Waals surface area (Å²) in [7, 11) is 0. The average Bonchev–Trinajstić information content (AvgIpc) is 3.11. The first-order chi connectivity index (χ1) is 12.2. The van der Waals surface area contributed by atoms with Crippen LogP contribution in [0.4, 0.5) is 11.6 Å². The van der Waals surface area contributed by atoms with Crippen molar-refractivity contribution >= 4 is 28.6 Å². The molecule has 7 heteroatoms. The van der Waals surface area contributed by atoms with E-state index in [0.29, 0.717) is 11.6 Å². The molecule has 1 aromatic carbocycles. The summed E-state index contributed by atoms with van der Waals surface area (Å²) in [6, 6.07) is 12.1. The monoisotopic (exact) mass is 331 g/mol. The highest BCUT2D eigenvalue weighted by atomic mass is 16.4. The zero-order chi connectivity index (χ0) is 17.2. The molecule has 0 atom stereocenters. The number of carbonyl (C=O) groups is 1. The number of rotatable bonds is 4. The molecule has 0 bridgehead atoms. The van der Waals surface area contributed by atoms with Crippen LogP contribution in [0.15, 0.2) is 61.1 Å². The van der Waals surface area contributed by atoms with Crippen LogP contribution in [-0.4, -0.2) is 31.0 Å². The van der Waals surface area contributed by atoms with Crippen LogP contribution >= 0.6 is 0 Å². The van der Waals surface area contributed by atoms with Gasteiger partial charge in [0.2, 0.25) is 5.95 Å². The number of carboxylic acids is 1. The third-order valence-electron chi connectivity index (χ3n) is 3.78. The molecule has 3 N–H and O–H groups in total. The van der Waals surface area contributed by atoms with Gasteiger partial charge in [0.05, 0.1) is 11.3 Å². The highest BCUT2D eigenvalue weighted by molar-refractivity contribution is 5.92. The summed E-state index contributed by atoms with van der Waals surface area (Å²) >= 11 is 0. The lowest BCUT2D eigenvalue weighted by Crippen LogP contribution is -1.99. The molecule has 0 aliphatic rings. The van der Waals surface area contributed by atoms with E-state index in [2.05, 4.69) is 25.3 Å². The van der Waals surface area contributed by atoms with E-state index in [1.807, 2.05) is 24.4 Å². The Labute approximate surface area is 142 Å². The third-order valence-corrected chi connectivity index (χ3v) is 3.78. The molecule has 3 heterocycles. The topological polar surface area (TPSA) is 104 Å². The SMILES string of the molecule is O=C(O)c1ccc(Nc2nccc(-c3ccnc4[nH]ccc34)n2)cc1. The van der Waals surface area contributed by atoms with E-state index >= 15 is 0 Å². The van der Waals surface area contributed by atoms with Crippen molar-refractivity contribution in [3.63, 3.8) is 0 Å². The first-order valence-corrected chi connectivity index (χ1v) is 7.56. The van der Waals surface area contributed by atoms with Gasteiger partial charge in [0.1, 0.15) is 5.65 Å². The van der Waals surface area contributed by atoms with Crippen LogP contribution in [0.5, 0.6) is 0 Å². The van der Waals surface area contributed by atoms with Crippen LogP contribution < -0.4 is 5.32 Å². The third kappa shape index (κ3) is 2.90. The van der Waals surface area contributed by atoms with Gasteiger partial charge in [-0.1, -0.05) is 0 Å². The normalized spacial score (nSPS) is 10.7. The van der Waals surface area contributed by atoms with Crippen molar-refractivity contribution < 1.29 is 9.90 Å². The lowest BCUT2D eigenvalue weighted by molar-refractivity contribution is 0.0697. The van der Waals surface area contributed by atoms with Gasteiger partial charge in [0.25, 0.3) is 0 Å². The molecule has 0 saturated heterocycles. The smallest absolute Gasteiger partial charge is 0.335 e. The fraction of sp³-hybridized carbons (Fsp3) is 0. The molecule has 0 aliphatic heterocycles. The second-order valence-electron chi connectivity index (χ2n) is 5.37. The number of nitrogens with zero attached hydrogens (tertiary/aromatic N) is 3. The van der Waals surface area contributed by atoms with Gasteiger partial charge < -0.3 is 15.4 Å². The van der Waals surface area contributed by atoms with Crippen molar-refractivity contribution in [2.45, 2.75) is 0 Å². The number of hydrogen-bond acceptors (Lipinski definition) is 5. The second-order valence-corrected chi connectivity index (χ2v) is 5.37. The molecule has 25 heavy (non-hydrogen) atoms. The average molecular weight is 331 g/mol. The summed E-state index contributed by atoms with van der Waals surface area (Å²) in [6.07, 6.45) is 5.24. The van der Waals surface area contributed by atoms with E-state index in [0.717, 1.165) is 22.3 Å². The number of nitrogens with one attached hydrogen (secondary N) is 2. The maximum atomic E-state index is 10.9. The van der Waals surface area contributed by atoms with Gasteiger partial charge in [-0.3, -0.25) is 0 Å². The number of aromatic nitrogens is 4. The van der Waals surface area contributed by atoms with Gasteiger partial charge in [-0.25, -0.2) is 19.7 Å². The molecule has 122 valence electrons. The molecular weight excluding hydrogens is 318 g/mol. The molecule has 0 saturated carbocycles. The molecule has 0 radical (unpaired) electrons. The van der Waals surface area contributed by atoms with E-state index in [-0.39, 0.29) is 5.56 Å². The zero-order valence-corrected chi connectivity index (χ0v) is 13.0. The molecule has 7 nitrogen and oxygen atoms in total. The minimum atomic E-state index is -0.960. The first kappa shape index (κ1) is 14.8. The van der Waals surface area contributed by atoms with E-state index in [4.69, 9.17) is 5.11 Å². The van der Waals surface area contributed by atoms with Crippen molar-refractivity contribution in [2.75, 3.05) is 5.32 Å². The number of aromatic carboxylic acids is 1. The maximum absolute atomic E-state index is 10.9. The second kappa shape index (κ2) is 6.04. The van der Waals surface area contributed by atoms with Gasteiger partial charge in [-0.15, -0.1) is 0 Å². The molecular formula is C18H13N5O2. The van der Waals surface area contributed by atoms with Crippen molar-refractivity contribution in [3.8, 4) is 11.3 Å². The Hall–Kier alpha value is -3.74. The lowest BCUT2D eigenvalue weighted by Gasteiger charge is -2.07. The largest absolute Gasteiger partial charge is 0.478 e. The Kier molecular flexibility index (Phi) is 3.59. The van der Waals surface area contributed by atoms with Crippen molar-refractivity contribution in [3.05, 3.63) is 66.6 Å². The van der Waals surface area contributed by atoms with Gasteiger partial charge in [-0.05, 0) is 42.5 Å². The van der Waals surface area contributed by atoms with Crippen LogP contribution in [0, 0.1) is 0 Å². The minimum absolute atomic E-state index is 0.229. The Morgan fingerprint density at radius 2 is 1.80 bits per heavy atom. The predicted molar refractivity (Wildman–Crippen MR) is 93.8 cm³/mol. The molecule has 4 aromatic rings. The molecule has 4 rings (SSSR count). The highest BCUT2D eigenvalue weighted by Gasteiger charge is 2.08. The summed E-state index contributed by atoms with van der Waals surface area (Å²) < 4.78 is 0. The molecule has 0 aliphatic carbocycles. The Bertz CT molecular complexity index is 1060. The summed E-state index contributed by atoms with van der Waals surface area (Å²) in [5.41, 5.74) is 3.47. The van der Waals surface area contributed by atoms with Crippen LogP contribution in [0.25, 0.3) is 22.3 Å². The summed E-state index contributed by atoms with van der Waals surface area (Å²) in [6.45, 7) is 0. The number of pyridine rings is 1. The highest BCUT2D eigenvalue weighted by Crippen LogP contribution is 2.26. The maximum Gasteiger partial charge on any atom is 0.335 e. The predicted octanol–water partition coefficient (Wildman–Crippen LogP) is 3.46. The molecule has 0 amide bonds. The van der Waals surface area contributed by atoms with Crippen LogP contribution in [-0.2, 0) is 0 Å². The van der Waals surface area contributed by atoms with Gasteiger partial charge in [0, 0.05) is 35.2 Å². The number of carboxylic acid groups (broad SMARTS) is 1. The van der Waals surface area contributed by atoms with Crippen molar-refractivity contribution in [1.29, 1.82) is 0 Å². The Morgan fingerprint density at radius 1 is 1.00 bits per heavy atom. The van der Waals surface area contributed by atoms with Crippen LogP contribution in [0.3, 0.4) is 0 Å². The fourth-order valence-corrected chi connectivity index (χ4v) is 2.58. The van der Waals surface area contributed by atoms with Gasteiger partial charge >= 0.3 is 5.97 Å². The van der Waals surface area contributed by atoms with Crippen molar-refractivity contribution in [1.82, 2.24) is 19.9 Å². The first-order valence-electron chi connectivity index (χ1n) is 7.56. The van der Waals surface area contributed by atoms with Gasteiger partial charge in [-0.2, -0.15) is 0 Å². The molecule has 0 fully saturated rings. The molecule has 3 aromatic heterocycles. The standard InChI is InChI=1S/C18H13N5O2/c24-17(25)11-1-3-12(4-2-11)22-18-21-10-7-15(23-18)13-5-8-19-16-14(13)6-9-20-16/h1-10H,(H,19,20)(H,24,25)(H,21,22,23). The number of H-pyrrole nitrogens is 1. The van der Waals surface area contributed by atoms with Crippen LogP contribution in [0.1, 0.15) is 10.4 Å². The quantitative estimate of drug-likeness (QED) is 0.529. The minimum Gasteiger partial charge on any atom is -0.478 e. The number of aromatic amines is 1. The molecule has 0 unspecified atom stereocenters. The summed E-state index contributed by atoms with van der Waals surface area (Å²) in [5.74, 6) is -0.529. The van der Waals surface area contributed by atoms with Gasteiger partial charge in [0.15, 0.2) is 0 Å². The van der Waals surface area contributed by atoms with E-state index in [1.54, 1.807) is 24.5 Å². The number of hydrogen-bond donors (Lipinski definition) is 3. The molecule has 0 spiro atoms. The summed E-state index contributed by atoms with van der Waals surface area (Å²) in [5, 5.41) is 13.0. The summed E-state index contributed by atoms with van der Waals surface area (Å²) in [4.78, 5) is 27.0. The Morgan fingerprint density at radius 3 is 2.60 bits per heavy atom. The van der Waals surface area contributed by atoms with E-state index < -0.39 is 5.97 Å². The van der Waals surface area contributed by atoms with Crippen LogP contribution in [0.2, 0.25) is 0 Å². The number of benzene rings is 1. The fourth-order valence-electron chi connectivity index (χ4n) is 2.58. The van der Waals surface area contributed by atoms with E-state index in [1.165, 1.54) is 12.1 Å². The van der Waals surface area contributed by atoms with Crippen molar-refractivity contribution in [2.24, 2.45) is 0 Å². The number of anilines is 2.